The topological polar surface area (TPSA) is 60.9 Å². The minimum Gasteiger partial charge on any atom is -0.395 e. The molecule has 2 aliphatic rings. The van der Waals surface area contributed by atoms with Crippen molar-refractivity contribution in [1.29, 1.82) is 0 Å². The van der Waals surface area contributed by atoms with Crippen LogP contribution in [-0.2, 0) is 10.0 Å². The van der Waals surface area contributed by atoms with Crippen LogP contribution in [0.25, 0.3) is 0 Å². The predicted octanol–water partition coefficient (Wildman–Crippen LogP) is 0.813. The van der Waals surface area contributed by atoms with Crippen molar-refractivity contribution in [2.75, 3.05) is 32.0 Å². The Kier molecular flexibility index (Phi) is 5.60. The van der Waals surface area contributed by atoms with Crippen LogP contribution in [0.15, 0.2) is 12.7 Å². The SMILES string of the molecule is C=CCCS(=O)(=O)N1CCC[C@H]1CN1CCC[C@@H]1CO. The molecule has 0 saturated carbocycles. The standard InChI is InChI=1S/C14H26N2O3S/c1-2-3-10-20(18,19)16-9-5-6-13(16)11-15-8-4-7-14(15)12-17/h2,13-14,17H,1,3-12H2/t13-,14+/m0/s1. The number of hydrogen-bond acceptors (Lipinski definition) is 4. The quantitative estimate of drug-likeness (QED) is 0.707. The van der Waals surface area contributed by atoms with E-state index in [2.05, 4.69) is 11.5 Å². The lowest BCUT2D eigenvalue weighted by Gasteiger charge is -2.30. The van der Waals surface area contributed by atoms with E-state index in [9.17, 15) is 13.5 Å². The Morgan fingerprint density at radius 1 is 1.20 bits per heavy atom. The molecule has 0 aromatic heterocycles. The monoisotopic (exact) mass is 302 g/mol. The molecule has 2 saturated heterocycles. The normalized spacial score (nSPS) is 29.1. The number of aliphatic hydroxyl groups excluding tert-OH is 1. The molecule has 2 heterocycles. The zero-order chi connectivity index (χ0) is 14.6. The van der Waals surface area contributed by atoms with E-state index in [-0.39, 0.29) is 24.4 Å². The molecule has 0 bridgehead atoms. The molecule has 2 atom stereocenters. The fraction of sp³-hybridized carbons (Fsp3) is 0.857. The highest BCUT2D eigenvalue weighted by Crippen LogP contribution is 2.25. The van der Waals surface area contributed by atoms with Crippen LogP contribution in [0.5, 0.6) is 0 Å². The lowest BCUT2D eigenvalue weighted by atomic mass is 10.2. The van der Waals surface area contributed by atoms with E-state index in [1.807, 2.05) is 0 Å². The molecule has 0 radical (unpaired) electrons. The molecule has 6 heteroatoms. The predicted molar refractivity (Wildman–Crippen MR) is 80.0 cm³/mol. The van der Waals surface area contributed by atoms with Gasteiger partial charge in [0.15, 0.2) is 0 Å². The third-order valence-electron chi connectivity index (χ3n) is 4.42. The molecular weight excluding hydrogens is 276 g/mol. The Bertz CT molecular complexity index is 424. The van der Waals surface area contributed by atoms with Gasteiger partial charge in [-0.15, -0.1) is 6.58 Å². The summed E-state index contributed by atoms with van der Waals surface area (Å²) in [7, 11) is -3.16. The van der Waals surface area contributed by atoms with Crippen LogP contribution in [0.2, 0.25) is 0 Å². The van der Waals surface area contributed by atoms with Crippen molar-refractivity contribution < 1.29 is 13.5 Å². The Morgan fingerprint density at radius 3 is 2.60 bits per heavy atom. The van der Waals surface area contributed by atoms with Crippen molar-refractivity contribution in [3.63, 3.8) is 0 Å². The lowest BCUT2D eigenvalue weighted by Crippen LogP contribution is -2.46. The van der Waals surface area contributed by atoms with Gasteiger partial charge in [-0.2, -0.15) is 4.31 Å². The third kappa shape index (κ3) is 3.61. The highest BCUT2D eigenvalue weighted by molar-refractivity contribution is 7.89. The van der Waals surface area contributed by atoms with E-state index in [0.29, 0.717) is 13.0 Å². The molecule has 20 heavy (non-hydrogen) atoms. The van der Waals surface area contributed by atoms with Gasteiger partial charge in [-0.3, -0.25) is 4.90 Å². The Morgan fingerprint density at radius 2 is 1.90 bits per heavy atom. The van der Waals surface area contributed by atoms with Gasteiger partial charge in [0.1, 0.15) is 0 Å². The second-order valence-electron chi connectivity index (χ2n) is 5.77. The van der Waals surface area contributed by atoms with E-state index in [4.69, 9.17) is 0 Å². The van der Waals surface area contributed by atoms with E-state index in [0.717, 1.165) is 38.8 Å². The fourth-order valence-electron chi connectivity index (χ4n) is 3.32. The zero-order valence-corrected chi connectivity index (χ0v) is 12.9. The van der Waals surface area contributed by atoms with Crippen LogP contribution in [-0.4, -0.2) is 66.8 Å². The van der Waals surface area contributed by atoms with E-state index >= 15 is 0 Å². The molecule has 0 spiro atoms. The van der Waals surface area contributed by atoms with Crippen molar-refractivity contribution in [3.05, 3.63) is 12.7 Å². The minimum atomic E-state index is -3.16. The van der Waals surface area contributed by atoms with Crippen molar-refractivity contribution in [1.82, 2.24) is 9.21 Å². The number of allylic oxidation sites excluding steroid dienone is 1. The maximum atomic E-state index is 12.3. The second kappa shape index (κ2) is 7.02. The number of hydrogen-bond donors (Lipinski definition) is 1. The second-order valence-corrected chi connectivity index (χ2v) is 7.81. The van der Waals surface area contributed by atoms with Gasteiger partial charge in [-0.05, 0) is 38.6 Å². The van der Waals surface area contributed by atoms with Crippen LogP contribution >= 0.6 is 0 Å². The summed E-state index contributed by atoms with van der Waals surface area (Å²) in [5.74, 6) is 0.163. The maximum absolute atomic E-state index is 12.3. The van der Waals surface area contributed by atoms with Crippen LogP contribution < -0.4 is 0 Å². The summed E-state index contributed by atoms with van der Waals surface area (Å²) in [6.45, 7) is 6.15. The van der Waals surface area contributed by atoms with Gasteiger partial charge < -0.3 is 5.11 Å². The summed E-state index contributed by atoms with van der Waals surface area (Å²) >= 11 is 0. The average Bonchev–Trinajstić information content (AvgIpc) is 3.06. The molecule has 116 valence electrons. The molecular formula is C14H26N2O3S. The first-order chi connectivity index (χ1) is 9.58. The van der Waals surface area contributed by atoms with Gasteiger partial charge in [-0.1, -0.05) is 6.08 Å². The van der Waals surface area contributed by atoms with Crippen molar-refractivity contribution >= 4 is 10.0 Å². The molecule has 5 nitrogen and oxygen atoms in total. The lowest BCUT2D eigenvalue weighted by molar-refractivity contribution is 0.140. The van der Waals surface area contributed by atoms with Gasteiger partial charge in [0.25, 0.3) is 0 Å². The van der Waals surface area contributed by atoms with E-state index < -0.39 is 10.0 Å². The summed E-state index contributed by atoms with van der Waals surface area (Å²) in [5.41, 5.74) is 0. The maximum Gasteiger partial charge on any atom is 0.214 e. The van der Waals surface area contributed by atoms with Crippen LogP contribution in [0, 0.1) is 0 Å². The van der Waals surface area contributed by atoms with Gasteiger partial charge >= 0.3 is 0 Å². The van der Waals surface area contributed by atoms with Crippen molar-refractivity contribution in [2.24, 2.45) is 0 Å². The minimum absolute atomic E-state index is 0.0805. The van der Waals surface area contributed by atoms with Crippen molar-refractivity contribution in [3.8, 4) is 0 Å². The molecule has 0 aliphatic carbocycles. The third-order valence-corrected chi connectivity index (χ3v) is 6.36. The molecule has 2 fully saturated rings. The first-order valence-corrected chi connectivity index (χ1v) is 9.14. The van der Waals surface area contributed by atoms with Crippen LogP contribution in [0.1, 0.15) is 32.1 Å². The molecule has 2 aliphatic heterocycles. The average molecular weight is 302 g/mol. The Labute approximate surface area is 122 Å². The number of sulfonamides is 1. The van der Waals surface area contributed by atoms with Gasteiger partial charge in [0, 0.05) is 25.2 Å². The molecule has 0 unspecified atom stereocenters. The van der Waals surface area contributed by atoms with Gasteiger partial charge in [0.05, 0.1) is 12.4 Å². The zero-order valence-electron chi connectivity index (χ0n) is 12.1. The van der Waals surface area contributed by atoms with Gasteiger partial charge in [0.2, 0.25) is 10.0 Å². The summed E-state index contributed by atoms with van der Waals surface area (Å²) < 4.78 is 26.4. The first-order valence-electron chi connectivity index (χ1n) is 7.54. The number of likely N-dealkylation sites (tertiary alicyclic amines) is 1. The highest BCUT2D eigenvalue weighted by atomic mass is 32.2. The van der Waals surface area contributed by atoms with E-state index in [1.54, 1.807) is 10.4 Å². The number of aliphatic hydroxyl groups is 1. The van der Waals surface area contributed by atoms with Crippen LogP contribution in [0.4, 0.5) is 0 Å². The van der Waals surface area contributed by atoms with Crippen molar-refractivity contribution in [2.45, 2.75) is 44.2 Å². The summed E-state index contributed by atoms with van der Waals surface area (Å²) in [6.07, 6.45) is 6.16. The molecule has 0 aromatic carbocycles. The van der Waals surface area contributed by atoms with E-state index in [1.165, 1.54) is 0 Å². The van der Waals surface area contributed by atoms with Crippen LogP contribution in [0.3, 0.4) is 0 Å². The summed E-state index contributed by atoms with van der Waals surface area (Å²) in [5, 5.41) is 9.37. The smallest absolute Gasteiger partial charge is 0.214 e. The Balaban J connectivity index is 1.98. The number of nitrogens with zero attached hydrogens (tertiary/aromatic N) is 2. The summed E-state index contributed by atoms with van der Waals surface area (Å²) in [6, 6.07) is 0.297. The fourth-order valence-corrected chi connectivity index (χ4v) is 5.05. The molecule has 0 amide bonds. The first kappa shape index (κ1) is 15.9. The molecule has 0 aromatic rings. The molecule has 1 N–H and O–H groups in total. The molecule has 2 rings (SSSR count). The van der Waals surface area contributed by atoms with Gasteiger partial charge in [-0.25, -0.2) is 8.42 Å². The highest BCUT2D eigenvalue weighted by Gasteiger charge is 2.36. The Hall–Kier alpha value is -0.430. The summed E-state index contributed by atoms with van der Waals surface area (Å²) in [4.78, 5) is 2.26. The number of rotatable bonds is 7. The largest absolute Gasteiger partial charge is 0.395 e.